The summed E-state index contributed by atoms with van der Waals surface area (Å²) in [5.74, 6) is 0. The first-order valence-corrected chi connectivity index (χ1v) is 17.5. The summed E-state index contributed by atoms with van der Waals surface area (Å²) in [7, 11) is 0. The van der Waals surface area contributed by atoms with E-state index in [1.807, 2.05) is 6.07 Å². The molecule has 10 aromatic rings. The Morgan fingerprint density at radius 2 is 0.800 bits per heavy atom. The molecule has 0 atom stereocenters. The molecule has 0 spiro atoms. The second kappa shape index (κ2) is 9.94. The molecule has 0 bridgehead atoms. The Morgan fingerprint density at radius 3 is 1.42 bits per heavy atom. The minimum atomic E-state index is -0.169. The van der Waals surface area contributed by atoms with E-state index in [0.29, 0.717) is 0 Å². The number of fused-ring (bicyclic) bond motifs is 13. The van der Waals surface area contributed by atoms with Crippen molar-refractivity contribution in [2.75, 3.05) is 0 Å². The lowest BCUT2D eigenvalue weighted by Gasteiger charge is -2.25. The highest BCUT2D eigenvalue weighted by molar-refractivity contribution is 6.23. The van der Waals surface area contributed by atoms with Crippen LogP contribution in [0.1, 0.15) is 25.0 Å². The van der Waals surface area contributed by atoms with Gasteiger partial charge in [-0.2, -0.15) is 0 Å². The van der Waals surface area contributed by atoms with Crippen molar-refractivity contribution < 1.29 is 4.42 Å². The van der Waals surface area contributed by atoms with Crippen LogP contribution in [0.3, 0.4) is 0 Å². The van der Waals surface area contributed by atoms with Crippen molar-refractivity contribution in [2.24, 2.45) is 0 Å². The molecule has 1 heteroatoms. The molecule has 0 fully saturated rings. The molecule has 1 nitrogen and oxygen atoms in total. The molecule has 234 valence electrons. The average molecular weight is 637 g/mol. The van der Waals surface area contributed by atoms with Crippen molar-refractivity contribution in [3.05, 3.63) is 169 Å². The van der Waals surface area contributed by atoms with Gasteiger partial charge in [-0.1, -0.05) is 147 Å². The summed E-state index contributed by atoms with van der Waals surface area (Å²) >= 11 is 0. The van der Waals surface area contributed by atoms with Crippen LogP contribution in [0.4, 0.5) is 0 Å². The van der Waals surface area contributed by atoms with Crippen LogP contribution in [-0.4, -0.2) is 0 Å². The second-order valence-electron chi connectivity index (χ2n) is 14.4. The summed E-state index contributed by atoms with van der Waals surface area (Å²) in [5, 5.41) is 12.7. The predicted molar refractivity (Wildman–Crippen MR) is 212 cm³/mol. The van der Waals surface area contributed by atoms with E-state index in [1.54, 1.807) is 0 Å². The lowest BCUT2D eigenvalue weighted by atomic mass is 9.78. The van der Waals surface area contributed by atoms with Gasteiger partial charge in [0.25, 0.3) is 0 Å². The molecule has 0 aliphatic heterocycles. The van der Waals surface area contributed by atoms with Gasteiger partial charge in [-0.3, -0.25) is 0 Å². The maximum absolute atomic E-state index is 6.37. The quantitative estimate of drug-likeness (QED) is 0.136. The van der Waals surface area contributed by atoms with Crippen LogP contribution >= 0.6 is 0 Å². The summed E-state index contributed by atoms with van der Waals surface area (Å²) < 4.78 is 6.37. The lowest BCUT2D eigenvalue weighted by molar-refractivity contribution is 0.667. The van der Waals surface area contributed by atoms with Gasteiger partial charge >= 0.3 is 0 Å². The van der Waals surface area contributed by atoms with E-state index in [2.05, 4.69) is 166 Å². The van der Waals surface area contributed by atoms with Crippen molar-refractivity contribution in [2.45, 2.75) is 19.3 Å². The third-order valence-electron chi connectivity index (χ3n) is 11.4. The van der Waals surface area contributed by atoms with Crippen molar-refractivity contribution in [3.8, 4) is 33.4 Å². The van der Waals surface area contributed by atoms with Gasteiger partial charge in [0.2, 0.25) is 0 Å². The van der Waals surface area contributed by atoms with Crippen LogP contribution in [0, 0.1) is 0 Å². The smallest absolute Gasteiger partial charge is 0.136 e. The topological polar surface area (TPSA) is 13.1 Å². The Kier molecular flexibility index (Phi) is 5.51. The third kappa shape index (κ3) is 3.62. The third-order valence-corrected chi connectivity index (χ3v) is 11.4. The maximum Gasteiger partial charge on any atom is 0.136 e. The van der Waals surface area contributed by atoms with Gasteiger partial charge in [-0.15, -0.1) is 0 Å². The van der Waals surface area contributed by atoms with Crippen molar-refractivity contribution in [3.63, 3.8) is 0 Å². The minimum Gasteiger partial charge on any atom is -0.456 e. The highest BCUT2D eigenvalue weighted by atomic mass is 16.3. The van der Waals surface area contributed by atoms with Crippen LogP contribution in [0.2, 0.25) is 0 Å². The van der Waals surface area contributed by atoms with Crippen molar-refractivity contribution in [1.82, 2.24) is 0 Å². The molecule has 0 radical (unpaired) electrons. The molecular weight excluding hydrogens is 605 g/mol. The van der Waals surface area contributed by atoms with Crippen molar-refractivity contribution >= 4 is 65.0 Å². The summed E-state index contributed by atoms with van der Waals surface area (Å²) in [6, 6.07) is 58.0. The molecule has 0 saturated carbocycles. The molecule has 0 amide bonds. The zero-order valence-electron chi connectivity index (χ0n) is 27.9. The highest BCUT2D eigenvalue weighted by Crippen LogP contribution is 2.56. The maximum atomic E-state index is 6.37. The molecule has 9 aromatic carbocycles. The van der Waals surface area contributed by atoms with E-state index < -0.39 is 0 Å². The number of para-hydroxylation sites is 1. The van der Waals surface area contributed by atoms with E-state index in [9.17, 15) is 0 Å². The highest BCUT2D eigenvalue weighted by Gasteiger charge is 2.38. The van der Waals surface area contributed by atoms with Gasteiger partial charge in [0, 0.05) is 16.2 Å². The normalized spacial score (nSPS) is 13.6. The van der Waals surface area contributed by atoms with Gasteiger partial charge in [0.1, 0.15) is 11.2 Å². The first-order valence-electron chi connectivity index (χ1n) is 17.5. The second-order valence-corrected chi connectivity index (χ2v) is 14.4. The number of furan rings is 1. The number of benzene rings is 9. The number of hydrogen-bond donors (Lipinski definition) is 0. The number of rotatable bonds is 2. The SMILES string of the molecule is CC1(C)c2cc(-c3c4ccccc4c(-c4ccc5c(c4)oc4ccccc45)c4ccccc34)ccc2-c2c1c1ccccc1c1ccccc21. The fraction of sp³-hybridized carbons (Fsp3) is 0.0612. The van der Waals surface area contributed by atoms with Crippen LogP contribution in [0.5, 0.6) is 0 Å². The van der Waals surface area contributed by atoms with Gasteiger partial charge in [0.05, 0.1) is 0 Å². The molecule has 0 unspecified atom stereocenters. The van der Waals surface area contributed by atoms with Crippen LogP contribution < -0.4 is 0 Å². The summed E-state index contributed by atoms with van der Waals surface area (Å²) in [6.45, 7) is 4.83. The van der Waals surface area contributed by atoms with Gasteiger partial charge in [0.15, 0.2) is 0 Å². The van der Waals surface area contributed by atoms with Crippen LogP contribution in [0.25, 0.3) is 98.4 Å². The average Bonchev–Trinajstić information content (AvgIpc) is 3.65. The Morgan fingerprint density at radius 1 is 0.360 bits per heavy atom. The fourth-order valence-corrected chi connectivity index (χ4v) is 9.27. The van der Waals surface area contributed by atoms with Crippen LogP contribution in [-0.2, 0) is 5.41 Å². The van der Waals surface area contributed by atoms with E-state index in [1.165, 1.54) is 87.6 Å². The molecule has 0 N–H and O–H groups in total. The monoisotopic (exact) mass is 636 g/mol. The Bertz CT molecular complexity index is 3010. The standard InChI is InChI=1S/C49H32O/c1-49(2)42-27-29(24-26-41(42)47-35-16-5-3-13-31(35)32-14-4-10-21-40(32)48(47)49)45-36-17-6-8-19-38(36)46(39-20-9-7-18-37(39)45)30-23-25-34-33-15-11-12-22-43(33)50-44(34)28-30/h3-28H,1-2H3. The largest absolute Gasteiger partial charge is 0.456 e. The molecule has 1 heterocycles. The van der Waals surface area contributed by atoms with Crippen LogP contribution in [0.15, 0.2) is 162 Å². The zero-order valence-corrected chi connectivity index (χ0v) is 27.9. The molecular formula is C49H32O. The Balaban J connectivity index is 1.18. The molecule has 1 aromatic heterocycles. The fourth-order valence-electron chi connectivity index (χ4n) is 9.27. The summed E-state index contributed by atoms with van der Waals surface area (Å²) in [4.78, 5) is 0. The predicted octanol–water partition coefficient (Wildman–Crippen LogP) is 13.8. The Hall–Kier alpha value is -6.18. The minimum absolute atomic E-state index is 0.169. The molecule has 50 heavy (non-hydrogen) atoms. The van der Waals surface area contributed by atoms with E-state index in [0.717, 1.165) is 21.9 Å². The lowest BCUT2D eigenvalue weighted by Crippen LogP contribution is -2.15. The van der Waals surface area contributed by atoms with Crippen molar-refractivity contribution in [1.29, 1.82) is 0 Å². The van der Waals surface area contributed by atoms with E-state index in [4.69, 9.17) is 4.42 Å². The molecule has 11 rings (SSSR count). The first kappa shape index (κ1) is 27.7. The number of hydrogen-bond acceptors (Lipinski definition) is 1. The zero-order chi connectivity index (χ0) is 33.1. The first-order chi connectivity index (χ1) is 24.6. The molecule has 0 saturated heterocycles. The molecule has 1 aliphatic carbocycles. The summed E-state index contributed by atoms with van der Waals surface area (Å²) in [5.41, 5.74) is 12.2. The van der Waals surface area contributed by atoms with Gasteiger partial charge in [-0.05, 0) is 112 Å². The Labute approximate surface area is 290 Å². The van der Waals surface area contributed by atoms with Gasteiger partial charge in [-0.25, -0.2) is 0 Å². The summed E-state index contributed by atoms with van der Waals surface area (Å²) in [6.07, 6.45) is 0. The van der Waals surface area contributed by atoms with Gasteiger partial charge < -0.3 is 4.42 Å². The van der Waals surface area contributed by atoms with E-state index >= 15 is 0 Å². The van der Waals surface area contributed by atoms with E-state index in [-0.39, 0.29) is 5.41 Å². The molecule has 1 aliphatic rings.